The van der Waals surface area contributed by atoms with E-state index >= 15 is 0 Å². The summed E-state index contributed by atoms with van der Waals surface area (Å²) in [5.74, 6) is 0.293. The van der Waals surface area contributed by atoms with Crippen LogP contribution in [0.15, 0.2) is 9.95 Å². The molecule has 7 nitrogen and oxygen atoms in total. The Kier molecular flexibility index (Phi) is 6.28. The minimum Gasteiger partial charge on any atom is -0.368 e. The van der Waals surface area contributed by atoms with Gasteiger partial charge in [-0.3, -0.25) is 9.36 Å². The Morgan fingerprint density at radius 3 is 2.80 bits per heavy atom. The zero-order chi connectivity index (χ0) is 15.2. The van der Waals surface area contributed by atoms with Crippen LogP contribution < -0.4 is 16.7 Å². The first-order chi connectivity index (χ1) is 9.44. The molecule has 1 heterocycles. The normalized spacial score (nSPS) is 14.2. The second kappa shape index (κ2) is 7.49. The van der Waals surface area contributed by atoms with Crippen molar-refractivity contribution in [3.05, 3.63) is 10.5 Å². The van der Waals surface area contributed by atoms with Crippen LogP contribution in [0, 0.1) is 0 Å². The van der Waals surface area contributed by atoms with Crippen molar-refractivity contribution >= 4 is 17.7 Å². The van der Waals surface area contributed by atoms with E-state index < -0.39 is 5.54 Å². The van der Waals surface area contributed by atoms with E-state index in [4.69, 9.17) is 5.73 Å². The Morgan fingerprint density at radius 1 is 1.55 bits per heavy atom. The van der Waals surface area contributed by atoms with E-state index in [9.17, 15) is 9.59 Å². The van der Waals surface area contributed by atoms with E-state index in [1.54, 1.807) is 4.57 Å². The number of primary amides is 1. The van der Waals surface area contributed by atoms with Crippen LogP contribution in [0.1, 0.15) is 33.6 Å². The SMILES string of the molecule is CCCNC(C)(CCSc1n[nH]c(=O)n1CC)C(N)=O. The molecule has 0 aliphatic heterocycles. The summed E-state index contributed by atoms with van der Waals surface area (Å²) in [4.78, 5) is 23.0. The zero-order valence-electron chi connectivity index (χ0n) is 12.2. The van der Waals surface area contributed by atoms with Gasteiger partial charge in [0, 0.05) is 12.3 Å². The van der Waals surface area contributed by atoms with Gasteiger partial charge in [-0.1, -0.05) is 18.7 Å². The van der Waals surface area contributed by atoms with E-state index in [0.29, 0.717) is 23.9 Å². The molecule has 1 atom stereocenters. The molecule has 1 unspecified atom stereocenters. The molecule has 1 aromatic heterocycles. The number of nitrogens with two attached hydrogens (primary N) is 1. The largest absolute Gasteiger partial charge is 0.368 e. The summed E-state index contributed by atoms with van der Waals surface area (Å²) in [7, 11) is 0. The predicted octanol–water partition coefficient (Wildman–Crippen LogP) is 0.317. The van der Waals surface area contributed by atoms with Crippen LogP contribution in [-0.2, 0) is 11.3 Å². The molecule has 1 aromatic rings. The molecule has 114 valence electrons. The number of aromatic nitrogens is 3. The van der Waals surface area contributed by atoms with Gasteiger partial charge in [-0.2, -0.15) is 0 Å². The molecule has 0 saturated heterocycles. The third-order valence-electron chi connectivity index (χ3n) is 3.18. The van der Waals surface area contributed by atoms with Crippen LogP contribution in [-0.4, -0.2) is 38.5 Å². The van der Waals surface area contributed by atoms with Crippen molar-refractivity contribution in [1.82, 2.24) is 20.1 Å². The van der Waals surface area contributed by atoms with Gasteiger partial charge in [0.05, 0.1) is 5.54 Å². The van der Waals surface area contributed by atoms with E-state index in [1.165, 1.54) is 11.8 Å². The highest BCUT2D eigenvalue weighted by Crippen LogP contribution is 2.19. The van der Waals surface area contributed by atoms with Gasteiger partial charge in [-0.15, -0.1) is 5.10 Å². The first kappa shape index (κ1) is 16.8. The Balaban J connectivity index is 2.60. The molecule has 20 heavy (non-hydrogen) atoms. The number of carbonyl (C=O) groups is 1. The average Bonchev–Trinajstić information content (AvgIpc) is 2.76. The molecule has 0 saturated carbocycles. The topological polar surface area (TPSA) is 106 Å². The summed E-state index contributed by atoms with van der Waals surface area (Å²) in [6.07, 6.45) is 1.52. The maximum Gasteiger partial charge on any atom is 0.343 e. The number of thioether (sulfide) groups is 1. The van der Waals surface area contributed by atoms with Gasteiger partial charge in [0.25, 0.3) is 0 Å². The molecule has 1 amide bonds. The van der Waals surface area contributed by atoms with Gasteiger partial charge >= 0.3 is 5.69 Å². The first-order valence-corrected chi connectivity index (χ1v) is 7.76. The van der Waals surface area contributed by atoms with Crippen LogP contribution in [0.3, 0.4) is 0 Å². The maximum absolute atomic E-state index is 11.6. The van der Waals surface area contributed by atoms with Gasteiger partial charge < -0.3 is 11.1 Å². The summed E-state index contributed by atoms with van der Waals surface area (Å²) in [6.45, 7) is 7.04. The molecule has 0 radical (unpaired) electrons. The van der Waals surface area contributed by atoms with E-state index in [-0.39, 0.29) is 11.6 Å². The van der Waals surface area contributed by atoms with E-state index in [2.05, 4.69) is 15.5 Å². The summed E-state index contributed by atoms with van der Waals surface area (Å²) < 4.78 is 1.56. The number of hydrogen-bond donors (Lipinski definition) is 3. The minimum absolute atomic E-state index is 0.211. The minimum atomic E-state index is -0.726. The van der Waals surface area contributed by atoms with E-state index in [0.717, 1.165) is 13.0 Å². The van der Waals surface area contributed by atoms with Crippen LogP contribution >= 0.6 is 11.8 Å². The number of nitrogens with one attached hydrogen (secondary N) is 2. The van der Waals surface area contributed by atoms with Gasteiger partial charge in [0.2, 0.25) is 5.91 Å². The van der Waals surface area contributed by atoms with Crippen molar-refractivity contribution in [3.8, 4) is 0 Å². The quantitative estimate of drug-likeness (QED) is 0.569. The fraction of sp³-hybridized carbons (Fsp3) is 0.750. The highest BCUT2D eigenvalue weighted by molar-refractivity contribution is 7.99. The molecule has 0 bridgehead atoms. The molecule has 1 rings (SSSR count). The van der Waals surface area contributed by atoms with Crippen LogP contribution in [0.4, 0.5) is 0 Å². The van der Waals surface area contributed by atoms with Crippen molar-refractivity contribution < 1.29 is 4.79 Å². The van der Waals surface area contributed by atoms with Gasteiger partial charge in [0.1, 0.15) is 0 Å². The average molecular weight is 301 g/mol. The Bertz CT molecular complexity index is 498. The van der Waals surface area contributed by atoms with Crippen LogP contribution in [0.5, 0.6) is 0 Å². The van der Waals surface area contributed by atoms with E-state index in [1.807, 2.05) is 20.8 Å². The third kappa shape index (κ3) is 4.11. The number of nitrogens with zero attached hydrogens (tertiary/aromatic N) is 2. The van der Waals surface area contributed by atoms with Gasteiger partial charge in [0.15, 0.2) is 5.16 Å². The third-order valence-corrected chi connectivity index (χ3v) is 4.16. The number of carbonyl (C=O) groups excluding carboxylic acids is 1. The Hall–Kier alpha value is -1.28. The van der Waals surface area contributed by atoms with Gasteiger partial charge in [-0.05, 0) is 33.2 Å². The zero-order valence-corrected chi connectivity index (χ0v) is 13.0. The predicted molar refractivity (Wildman–Crippen MR) is 79.8 cm³/mol. The molecule has 8 heteroatoms. The lowest BCUT2D eigenvalue weighted by Gasteiger charge is -2.27. The van der Waals surface area contributed by atoms with Crippen molar-refractivity contribution in [2.24, 2.45) is 5.73 Å². The molecule has 0 aliphatic carbocycles. The number of aromatic amines is 1. The fourth-order valence-electron chi connectivity index (χ4n) is 1.74. The first-order valence-electron chi connectivity index (χ1n) is 6.77. The number of amides is 1. The van der Waals surface area contributed by atoms with Crippen molar-refractivity contribution in [2.45, 2.75) is 50.9 Å². The molecular formula is C12H23N5O2S. The second-order valence-corrected chi connectivity index (χ2v) is 5.84. The monoisotopic (exact) mass is 301 g/mol. The van der Waals surface area contributed by atoms with Crippen molar-refractivity contribution in [2.75, 3.05) is 12.3 Å². The summed E-state index contributed by atoms with van der Waals surface area (Å²) in [6, 6.07) is 0. The molecular weight excluding hydrogens is 278 g/mol. The summed E-state index contributed by atoms with van der Waals surface area (Å²) in [5.41, 5.74) is 4.53. The Morgan fingerprint density at radius 2 is 2.25 bits per heavy atom. The van der Waals surface area contributed by atoms with Crippen LogP contribution in [0.25, 0.3) is 0 Å². The summed E-state index contributed by atoms with van der Waals surface area (Å²) >= 11 is 1.44. The van der Waals surface area contributed by atoms with Crippen molar-refractivity contribution in [1.29, 1.82) is 0 Å². The van der Waals surface area contributed by atoms with Gasteiger partial charge in [-0.25, -0.2) is 9.89 Å². The molecule has 0 spiro atoms. The Labute approximate surface area is 122 Å². The lowest BCUT2D eigenvalue weighted by atomic mass is 9.98. The molecule has 0 aromatic carbocycles. The standard InChI is InChI=1S/C12H23N5O2S/c1-4-7-14-12(3,9(13)18)6-8-20-11-16-15-10(19)17(11)5-2/h14H,4-8H2,1-3H3,(H2,13,18)(H,15,19). The smallest absolute Gasteiger partial charge is 0.343 e. The highest BCUT2D eigenvalue weighted by Gasteiger charge is 2.29. The number of rotatable bonds is 9. The second-order valence-electron chi connectivity index (χ2n) is 4.78. The molecule has 0 fully saturated rings. The number of hydrogen-bond acceptors (Lipinski definition) is 5. The maximum atomic E-state index is 11.6. The fourth-order valence-corrected chi connectivity index (χ4v) is 2.91. The highest BCUT2D eigenvalue weighted by atomic mass is 32.2. The molecule has 0 aliphatic rings. The van der Waals surface area contributed by atoms with Crippen molar-refractivity contribution in [3.63, 3.8) is 0 Å². The summed E-state index contributed by atoms with van der Waals surface area (Å²) in [5, 5.41) is 10.2. The lowest BCUT2D eigenvalue weighted by molar-refractivity contribution is -0.123. The lowest BCUT2D eigenvalue weighted by Crippen LogP contribution is -2.53. The number of H-pyrrole nitrogens is 1. The van der Waals surface area contributed by atoms with Crippen LogP contribution in [0.2, 0.25) is 0 Å². The molecule has 4 N–H and O–H groups in total.